The highest BCUT2D eigenvalue weighted by atomic mass is 19.3. The number of benzene rings is 3. The van der Waals surface area contributed by atoms with Gasteiger partial charge in [-0.2, -0.15) is 13.9 Å². The van der Waals surface area contributed by atoms with Crippen molar-refractivity contribution in [1.82, 2.24) is 5.01 Å². The maximum Gasteiger partial charge on any atom is 0.387 e. The number of hydrogen-bond donors (Lipinski definition) is 0. The minimum Gasteiger partial charge on any atom is -0.497 e. The van der Waals surface area contributed by atoms with Crippen LogP contribution in [0.2, 0.25) is 0 Å². The summed E-state index contributed by atoms with van der Waals surface area (Å²) in [6.45, 7) is -2.94. The van der Waals surface area contributed by atoms with Crippen molar-refractivity contribution in [1.29, 1.82) is 0 Å². The Morgan fingerprint density at radius 1 is 0.970 bits per heavy atom. The maximum atomic E-state index is 12.7. The molecule has 3 aromatic carbocycles. The van der Waals surface area contributed by atoms with E-state index in [1.54, 1.807) is 19.2 Å². The van der Waals surface area contributed by atoms with E-state index in [0.29, 0.717) is 12.0 Å². The van der Waals surface area contributed by atoms with E-state index in [1.165, 1.54) is 13.2 Å². The second kappa shape index (κ2) is 8.61. The van der Waals surface area contributed by atoms with Crippen molar-refractivity contribution in [2.45, 2.75) is 25.3 Å². The molecule has 0 amide bonds. The highest BCUT2D eigenvalue weighted by Gasteiger charge is 2.41. The van der Waals surface area contributed by atoms with Crippen LogP contribution in [0, 0.1) is 0 Å². The van der Waals surface area contributed by atoms with Gasteiger partial charge in [0.2, 0.25) is 6.23 Å². The number of alkyl halides is 2. The van der Waals surface area contributed by atoms with Crippen molar-refractivity contribution in [2.24, 2.45) is 5.10 Å². The topological polar surface area (TPSA) is 52.5 Å². The average Bonchev–Trinajstić information content (AvgIpc) is 3.29. The van der Waals surface area contributed by atoms with E-state index in [0.717, 1.165) is 28.3 Å². The van der Waals surface area contributed by atoms with E-state index in [9.17, 15) is 8.78 Å². The molecule has 0 radical (unpaired) electrons. The predicted octanol–water partition coefficient (Wildman–Crippen LogP) is 5.55. The Kier molecular flexibility index (Phi) is 5.50. The molecule has 2 atom stereocenters. The quantitative estimate of drug-likeness (QED) is 0.491. The highest BCUT2D eigenvalue weighted by molar-refractivity contribution is 6.02. The zero-order chi connectivity index (χ0) is 22.9. The SMILES string of the molecule is COc1ccc(C2=NN3[C@H](C2)c2ccccc2O[C@@H]3c2ccc(OC(F)F)c(OC)c2)cc1. The number of fused-ring (bicyclic) bond motifs is 3. The minimum atomic E-state index is -2.94. The van der Waals surface area contributed by atoms with Gasteiger partial charge in [0.1, 0.15) is 11.5 Å². The van der Waals surface area contributed by atoms with Gasteiger partial charge in [0, 0.05) is 17.5 Å². The molecule has 3 aromatic rings. The molecule has 0 aliphatic carbocycles. The van der Waals surface area contributed by atoms with Gasteiger partial charge in [0.05, 0.1) is 26.0 Å². The van der Waals surface area contributed by atoms with Crippen LogP contribution in [0.1, 0.15) is 35.4 Å². The second-order valence-corrected chi connectivity index (χ2v) is 7.67. The van der Waals surface area contributed by atoms with Crippen molar-refractivity contribution in [3.8, 4) is 23.0 Å². The van der Waals surface area contributed by atoms with Crippen LogP contribution in [0.4, 0.5) is 8.78 Å². The molecule has 0 N–H and O–H groups in total. The molecule has 0 spiro atoms. The van der Waals surface area contributed by atoms with Crippen molar-refractivity contribution in [3.05, 3.63) is 83.4 Å². The Hall–Kier alpha value is -3.81. The van der Waals surface area contributed by atoms with Crippen molar-refractivity contribution in [2.75, 3.05) is 14.2 Å². The molecule has 0 aromatic heterocycles. The van der Waals surface area contributed by atoms with Crippen molar-refractivity contribution >= 4 is 5.71 Å². The molecule has 170 valence electrons. The summed E-state index contributed by atoms with van der Waals surface area (Å²) >= 11 is 0. The first-order valence-corrected chi connectivity index (χ1v) is 10.5. The lowest BCUT2D eigenvalue weighted by atomic mass is 9.96. The Balaban J connectivity index is 1.54. The lowest BCUT2D eigenvalue weighted by Gasteiger charge is -2.38. The Morgan fingerprint density at radius 2 is 1.76 bits per heavy atom. The molecule has 2 heterocycles. The van der Waals surface area contributed by atoms with Gasteiger partial charge in [-0.3, -0.25) is 0 Å². The van der Waals surface area contributed by atoms with Gasteiger partial charge < -0.3 is 18.9 Å². The second-order valence-electron chi connectivity index (χ2n) is 7.67. The molecule has 0 saturated carbocycles. The van der Waals surface area contributed by atoms with E-state index in [2.05, 4.69) is 4.74 Å². The maximum absolute atomic E-state index is 12.7. The van der Waals surface area contributed by atoms with Gasteiger partial charge in [-0.15, -0.1) is 0 Å². The van der Waals surface area contributed by atoms with E-state index >= 15 is 0 Å². The van der Waals surface area contributed by atoms with E-state index in [-0.39, 0.29) is 17.5 Å². The number of para-hydroxylation sites is 1. The summed E-state index contributed by atoms with van der Waals surface area (Å²) in [6, 6.07) is 20.4. The van der Waals surface area contributed by atoms with Gasteiger partial charge in [-0.05, 0) is 54.1 Å². The first-order chi connectivity index (χ1) is 16.1. The smallest absolute Gasteiger partial charge is 0.387 e. The number of nitrogens with zero attached hydrogens (tertiary/aromatic N) is 2. The monoisotopic (exact) mass is 452 g/mol. The zero-order valence-corrected chi connectivity index (χ0v) is 18.1. The van der Waals surface area contributed by atoms with E-state index in [4.69, 9.17) is 19.3 Å². The molecule has 2 aliphatic rings. The molecule has 2 aliphatic heterocycles. The standard InChI is InChI=1S/C25H22F2N2O4/c1-30-17-10-7-15(8-11-17)19-14-20-18-5-3-4-6-21(18)32-24(29(20)28-19)16-9-12-22(33-25(26)27)23(13-16)31-2/h3-13,20,24-25H,14H2,1-2H3/t20-,24-/m1/s1. The third-order valence-electron chi connectivity index (χ3n) is 5.81. The van der Waals surface area contributed by atoms with E-state index in [1.807, 2.05) is 53.5 Å². The van der Waals surface area contributed by atoms with Crippen LogP contribution in [0.15, 0.2) is 71.8 Å². The highest BCUT2D eigenvalue weighted by Crippen LogP contribution is 2.48. The largest absolute Gasteiger partial charge is 0.497 e. The van der Waals surface area contributed by atoms with Gasteiger partial charge in [0.25, 0.3) is 0 Å². The van der Waals surface area contributed by atoms with Crippen LogP contribution in [-0.2, 0) is 0 Å². The Bertz CT molecular complexity index is 1180. The molecule has 8 heteroatoms. The van der Waals surface area contributed by atoms with Crippen LogP contribution in [0.3, 0.4) is 0 Å². The van der Waals surface area contributed by atoms with Gasteiger partial charge in [-0.25, -0.2) is 5.01 Å². The number of rotatable bonds is 6. The fourth-order valence-corrected chi connectivity index (χ4v) is 4.24. The molecule has 0 unspecified atom stereocenters. The van der Waals surface area contributed by atoms with Crippen molar-refractivity contribution < 1.29 is 27.7 Å². The normalized spacial score (nSPS) is 18.8. The zero-order valence-electron chi connectivity index (χ0n) is 18.1. The third-order valence-corrected chi connectivity index (χ3v) is 5.81. The molecular formula is C25H22F2N2O4. The van der Waals surface area contributed by atoms with Crippen molar-refractivity contribution in [3.63, 3.8) is 0 Å². The summed E-state index contributed by atoms with van der Waals surface area (Å²) in [6.07, 6.45) is 0.141. The summed E-state index contributed by atoms with van der Waals surface area (Å²) in [5, 5.41) is 6.83. The number of halogens is 2. The van der Waals surface area contributed by atoms with Gasteiger partial charge in [-0.1, -0.05) is 18.2 Å². The van der Waals surface area contributed by atoms with E-state index < -0.39 is 12.8 Å². The van der Waals surface area contributed by atoms with Crippen LogP contribution in [0.25, 0.3) is 0 Å². The summed E-state index contributed by atoms with van der Waals surface area (Å²) < 4.78 is 46.9. The molecular weight excluding hydrogens is 430 g/mol. The summed E-state index contributed by atoms with van der Waals surface area (Å²) in [5.41, 5.74) is 3.69. The lowest BCUT2D eigenvalue weighted by molar-refractivity contribution is -0.0514. The van der Waals surface area contributed by atoms with Crippen LogP contribution in [0.5, 0.6) is 23.0 Å². The predicted molar refractivity (Wildman–Crippen MR) is 118 cm³/mol. The van der Waals surface area contributed by atoms with Gasteiger partial charge in [0.15, 0.2) is 11.5 Å². The molecule has 0 fully saturated rings. The number of ether oxygens (including phenoxy) is 4. The fourth-order valence-electron chi connectivity index (χ4n) is 4.24. The van der Waals surface area contributed by atoms with Gasteiger partial charge >= 0.3 is 6.61 Å². The summed E-state index contributed by atoms with van der Waals surface area (Å²) in [7, 11) is 3.04. The fraction of sp³-hybridized carbons (Fsp3) is 0.240. The molecule has 33 heavy (non-hydrogen) atoms. The summed E-state index contributed by atoms with van der Waals surface area (Å²) in [4.78, 5) is 0. The first-order valence-electron chi connectivity index (χ1n) is 10.5. The van der Waals surface area contributed by atoms with Crippen LogP contribution >= 0.6 is 0 Å². The molecule has 6 nitrogen and oxygen atoms in total. The van der Waals surface area contributed by atoms with Crippen LogP contribution in [-0.4, -0.2) is 31.6 Å². The lowest BCUT2D eigenvalue weighted by Crippen LogP contribution is -2.33. The third kappa shape index (κ3) is 3.92. The molecule has 0 bridgehead atoms. The Labute approximate surface area is 189 Å². The average molecular weight is 452 g/mol. The minimum absolute atomic E-state index is 0.0277. The Morgan fingerprint density at radius 3 is 2.48 bits per heavy atom. The molecule has 5 rings (SSSR count). The molecule has 0 saturated heterocycles. The number of methoxy groups -OCH3 is 2. The first kappa shape index (κ1) is 21.1. The van der Waals surface area contributed by atoms with Crippen LogP contribution < -0.4 is 18.9 Å². The summed E-state index contributed by atoms with van der Waals surface area (Å²) in [5.74, 6) is 1.71. The number of hydrogen-bond acceptors (Lipinski definition) is 6. The number of hydrazone groups is 1.